The molecule has 7 heteroatoms. The van der Waals surface area contributed by atoms with E-state index in [9.17, 15) is 13.6 Å². The van der Waals surface area contributed by atoms with Gasteiger partial charge in [0.05, 0.1) is 5.56 Å². The zero-order valence-electron chi connectivity index (χ0n) is 15.0. The molecule has 1 fully saturated rings. The maximum Gasteiger partial charge on any atom is 0.265 e. The van der Waals surface area contributed by atoms with E-state index in [-0.39, 0.29) is 17.4 Å². The van der Waals surface area contributed by atoms with Gasteiger partial charge in [0.25, 0.3) is 12.3 Å². The number of benzene rings is 1. The SMILES string of the molecule is CC1(C)CN(Cc2ccccc2)C(=O)[C@@H]1Oc1cc(C(F)F)c(C#N)cn1. The second-order valence-corrected chi connectivity index (χ2v) is 7.19. The van der Waals surface area contributed by atoms with Crippen molar-refractivity contribution in [2.24, 2.45) is 5.41 Å². The lowest BCUT2D eigenvalue weighted by atomic mass is 9.89. The molecule has 0 spiro atoms. The molecule has 140 valence electrons. The first-order valence-corrected chi connectivity index (χ1v) is 8.49. The van der Waals surface area contributed by atoms with Gasteiger partial charge in [-0.05, 0) is 5.56 Å². The number of alkyl halides is 2. The Morgan fingerprint density at radius 1 is 1.37 bits per heavy atom. The van der Waals surface area contributed by atoms with Crippen molar-refractivity contribution in [3.63, 3.8) is 0 Å². The average Bonchev–Trinajstić information content (AvgIpc) is 2.85. The number of pyridine rings is 1. The number of carbonyl (C=O) groups excluding carboxylic acids is 1. The fourth-order valence-electron chi connectivity index (χ4n) is 3.21. The van der Waals surface area contributed by atoms with Crippen LogP contribution >= 0.6 is 0 Å². The van der Waals surface area contributed by atoms with E-state index in [1.165, 1.54) is 0 Å². The van der Waals surface area contributed by atoms with Crippen LogP contribution in [0.25, 0.3) is 0 Å². The number of aromatic nitrogens is 1. The van der Waals surface area contributed by atoms with E-state index in [4.69, 9.17) is 10.00 Å². The number of hydrogen-bond acceptors (Lipinski definition) is 4. The lowest BCUT2D eigenvalue weighted by molar-refractivity contribution is -0.135. The molecule has 5 nitrogen and oxygen atoms in total. The van der Waals surface area contributed by atoms with Crippen molar-refractivity contribution in [2.45, 2.75) is 32.9 Å². The van der Waals surface area contributed by atoms with Gasteiger partial charge in [-0.3, -0.25) is 4.79 Å². The topological polar surface area (TPSA) is 66.2 Å². The highest BCUT2D eigenvalue weighted by atomic mass is 19.3. The number of carbonyl (C=O) groups is 1. The van der Waals surface area contributed by atoms with Gasteiger partial charge in [-0.25, -0.2) is 13.8 Å². The van der Waals surface area contributed by atoms with Crippen molar-refractivity contribution >= 4 is 5.91 Å². The average molecular weight is 371 g/mol. The van der Waals surface area contributed by atoms with E-state index >= 15 is 0 Å². The number of ether oxygens (including phenoxy) is 1. The standard InChI is InChI=1S/C20H19F2N3O2/c1-20(2)12-25(11-13-6-4-3-5-7-13)19(26)17(20)27-16-8-15(18(21)22)14(9-23)10-24-16/h3-8,10,17-18H,11-12H2,1-2H3/t17-/m0/s1. The highest BCUT2D eigenvalue weighted by molar-refractivity contribution is 5.84. The molecule has 3 rings (SSSR count). The first-order chi connectivity index (χ1) is 12.8. The molecule has 1 saturated heterocycles. The minimum Gasteiger partial charge on any atom is -0.464 e. The van der Waals surface area contributed by atoms with E-state index in [0.29, 0.717) is 13.1 Å². The molecule has 1 aliphatic heterocycles. The highest BCUT2D eigenvalue weighted by Gasteiger charge is 2.48. The van der Waals surface area contributed by atoms with Crippen molar-refractivity contribution in [3.8, 4) is 11.9 Å². The van der Waals surface area contributed by atoms with Gasteiger partial charge in [0, 0.05) is 36.3 Å². The fourth-order valence-corrected chi connectivity index (χ4v) is 3.21. The van der Waals surface area contributed by atoms with E-state index < -0.39 is 23.5 Å². The van der Waals surface area contributed by atoms with Gasteiger partial charge >= 0.3 is 0 Å². The minimum atomic E-state index is -2.83. The predicted octanol–water partition coefficient (Wildman–Crippen LogP) is 3.71. The monoisotopic (exact) mass is 371 g/mol. The summed E-state index contributed by atoms with van der Waals surface area (Å²) in [6.07, 6.45) is -2.62. The zero-order chi connectivity index (χ0) is 19.6. The van der Waals surface area contributed by atoms with Crippen molar-refractivity contribution in [2.75, 3.05) is 6.54 Å². The Balaban J connectivity index is 1.81. The van der Waals surface area contributed by atoms with E-state index in [0.717, 1.165) is 17.8 Å². The normalized spacial score (nSPS) is 18.6. The molecule has 0 saturated carbocycles. The van der Waals surface area contributed by atoms with E-state index in [1.807, 2.05) is 44.2 Å². The number of halogens is 2. The summed E-state index contributed by atoms with van der Waals surface area (Å²) in [5.41, 5.74) is -0.183. The number of amides is 1. The summed E-state index contributed by atoms with van der Waals surface area (Å²) in [5, 5.41) is 8.92. The molecule has 0 N–H and O–H groups in total. The molecule has 1 amide bonds. The largest absolute Gasteiger partial charge is 0.464 e. The number of likely N-dealkylation sites (tertiary alicyclic amines) is 1. The smallest absolute Gasteiger partial charge is 0.265 e. The molecule has 0 aliphatic carbocycles. The summed E-state index contributed by atoms with van der Waals surface area (Å²) in [4.78, 5) is 18.5. The van der Waals surface area contributed by atoms with Crippen molar-refractivity contribution < 1.29 is 18.3 Å². The Labute approximate surface area is 156 Å². The summed E-state index contributed by atoms with van der Waals surface area (Å²) in [6, 6.07) is 12.3. The van der Waals surface area contributed by atoms with Gasteiger partial charge in [0.1, 0.15) is 6.07 Å². The Bertz CT molecular complexity index is 879. The van der Waals surface area contributed by atoms with Crippen LogP contribution in [-0.2, 0) is 11.3 Å². The molecule has 1 aliphatic rings. The molecule has 0 radical (unpaired) electrons. The number of rotatable bonds is 5. The Morgan fingerprint density at radius 3 is 2.70 bits per heavy atom. The first-order valence-electron chi connectivity index (χ1n) is 8.49. The summed E-state index contributed by atoms with van der Waals surface area (Å²) in [6.45, 7) is 4.70. The summed E-state index contributed by atoms with van der Waals surface area (Å²) < 4.78 is 32.0. The van der Waals surface area contributed by atoms with Crippen LogP contribution in [0, 0.1) is 16.7 Å². The summed E-state index contributed by atoms with van der Waals surface area (Å²) >= 11 is 0. The van der Waals surface area contributed by atoms with Crippen molar-refractivity contribution in [1.82, 2.24) is 9.88 Å². The van der Waals surface area contributed by atoms with Crippen LogP contribution in [0.1, 0.15) is 37.0 Å². The minimum absolute atomic E-state index is 0.0858. The maximum absolute atomic E-state index is 13.1. The van der Waals surface area contributed by atoms with Crippen LogP contribution in [0.3, 0.4) is 0 Å². The van der Waals surface area contributed by atoms with Crippen LogP contribution in [0.15, 0.2) is 42.6 Å². The number of nitriles is 1. The molecule has 27 heavy (non-hydrogen) atoms. The summed E-state index contributed by atoms with van der Waals surface area (Å²) in [5.74, 6) is -0.300. The fraction of sp³-hybridized carbons (Fsp3) is 0.350. The molecule has 2 aromatic rings. The van der Waals surface area contributed by atoms with Gasteiger partial charge in [0.2, 0.25) is 5.88 Å². The molecule has 1 atom stereocenters. The molecule has 1 aromatic carbocycles. The van der Waals surface area contributed by atoms with Gasteiger partial charge < -0.3 is 9.64 Å². The van der Waals surface area contributed by atoms with Crippen LogP contribution in [0.2, 0.25) is 0 Å². The quantitative estimate of drug-likeness (QED) is 0.804. The van der Waals surface area contributed by atoms with Crippen LogP contribution in [-0.4, -0.2) is 28.4 Å². The summed E-state index contributed by atoms with van der Waals surface area (Å²) in [7, 11) is 0. The van der Waals surface area contributed by atoms with Crippen LogP contribution in [0.5, 0.6) is 5.88 Å². The highest BCUT2D eigenvalue weighted by Crippen LogP contribution is 2.35. The Kier molecular flexibility index (Phi) is 5.08. The third kappa shape index (κ3) is 3.90. The van der Waals surface area contributed by atoms with Crippen LogP contribution < -0.4 is 4.74 Å². The first kappa shape index (κ1) is 18.8. The third-order valence-electron chi connectivity index (χ3n) is 4.57. The van der Waals surface area contributed by atoms with Gasteiger partial charge in [-0.15, -0.1) is 0 Å². The second-order valence-electron chi connectivity index (χ2n) is 7.19. The molecule has 2 heterocycles. The van der Waals surface area contributed by atoms with Crippen LogP contribution in [0.4, 0.5) is 8.78 Å². The number of nitrogens with zero attached hydrogens (tertiary/aromatic N) is 3. The number of hydrogen-bond donors (Lipinski definition) is 0. The van der Waals surface area contributed by atoms with E-state index in [2.05, 4.69) is 4.98 Å². The predicted molar refractivity (Wildman–Crippen MR) is 94.0 cm³/mol. The lowest BCUT2D eigenvalue weighted by Crippen LogP contribution is -2.36. The van der Waals surface area contributed by atoms with Gasteiger partial charge in [-0.2, -0.15) is 5.26 Å². The van der Waals surface area contributed by atoms with Crippen molar-refractivity contribution in [1.29, 1.82) is 5.26 Å². The molecular formula is C20H19F2N3O2. The van der Waals surface area contributed by atoms with E-state index in [1.54, 1.807) is 11.0 Å². The Hall–Kier alpha value is -3.01. The maximum atomic E-state index is 13.1. The third-order valence-corrected chi connectivity index (χ3v) is 4.57. The molecule has 0 bridgehead atoms. The molecule has 1 aromatic heterocycles. The lowest BCUT2D eigenvalue weighted by Gasteiger charge is -2.24. The second kappa shape index (κ2) is 7.31. The van der Waals surface area contributed by atoms with Crippen molar-refractivity contribution in [3.05, 3.63) is 59.3 Å². The van der Waals surface area contributed by atoms with Gasteiger partial charge in [-0.1, -0.05) is 44.2 Å². The zero-order valence-corrected chi connectivity index (χ0v) is 15.0. The molecule has 0 unspecified atom stereocenters. The van der Waals surface area contributed by atoms with Gasteiger partial charge in [0.15, 0.2) is 6.10 Å². The molecular weight excluding hydrogens is 352 g/mol. The Morgan fingerprint density at radius 2 is 2.07 bits per heavy atom.